The Hall–Kier alpha value is -3.96. The first-order chi connectivity index (χ1) is 17.4. The number of hydrogen-bond acceptors (Lipinski definition) is 8. The smallest absolute Gasteiger partial charge is 0.247 e. The Balaban J connectivity index is 1.47. The number of nitrogens with one attached hydrogen (secondary N) is 2. The zero-order valence-corrected chi connectivity index (χ0v) is 20.3. The van der Waals surface area contributed by atoms with E-state index in [-0.39, 0.29) is 51.3 Å². The van der Waals surface area contributed by atoms with Crippen LogP contribution in [-0.4, -0.2) is 49.5 Å². The highest BCUT2D eigenvalue weighted by Crippen LogP contribution is 2.41. The minimum atomic E-state index is -1.41. The minimum Gasteiger partial charge on any atom is -0.364 e. The molecule has 1 atom stereocenters. The summed E-state index contributed by atoms with van der Waals surface area (Å²) < 4.78 is 17.1. The summed E-state index contributed by atoms with van der Waals surface area (Å²) in [5.74, 6) is 0.230. The first kappa shape index (κ1) is 23.8. The van der Waals surface area contributed by atoms with Gasteiger partial charge in [-0.05, 0) is 43.7 Å². The number of carbonyl (C=O) groups is 1. The third kappa shape index (κ3) is 4.62. The number of aromatic nitrogens is 4. The van der Waals surface area contributed by atoms with Crippen molar-refractivity contribution < 1.29 is 9.18 Å². The first-order valence-electron chi connectivity index (χ1n) is 11.7. The molecule has 1 aliphatic heterocycles. The predicted molar refractivity (Wildman–Crippen MR) is 130 cm³/mol. The molecule has 0 bridgehead atoms. The molecular weight excluding hydrogens is 485 g/mol. The lowest BCUT2D eigenvalue weighted by Gasteiger charge is -2.33. The van der Waals surface area contributed by atoms with E-state index < -0.39 is 6.17 Å². The van der Waals surface area contributed by atoms with Crippen molar-refractivity contribution in [1.29, 1.82) is 10.5 Å². The third-order valence-electron chi connectivity index (χ3n) is 6.57. The van der Waals surface area contributed by atoms with Crippen molar-refractivity contribution in [2.45, 2.75) is 44.8 Å². The van der Waals surface area contributed by atoms with Crippen LogP contribution >= 0.6 is 11.6 Å². The number of nitriles is 2. The van der Waals surface area contributed by atoms with E-state index >= 15 is 4.39 Å². The molecule has 5 rings (SSSR count). The third-order valence-corrected chi connectivity index (χ3v) is 6.99. The molecular formula is C24H23ClFN9O. The van der Waals surface area contributed by atoms with Gasteiger partial charge < -0.3 is 15.5 Å². The number of halogens is 2. The predicted octanol–water partition coefficient (Wildman–Crippen LogP) is 4.11. The van der Waals surface area contributed by atoms with Crippen LogP contribution in [0.2, 0.25) is 5.02 Å². The largest absolute Gasteiger partial charge is 0.364 e. The molecule has 1 aliphatic carbocycles. The minimum absolute atomic E-state index is 0.0233. The van der Waals surface area contributed by atoms with Crippen molar-refractivity contribution >= 4 is 40.6 Å². The van der Waals surface area contributed by atoms with Crippen LogP contribution in [0.5, 0.6) is 0 Å². The molecule has 2 aromatic heterocycles. The van der Waals surface area contributed by atoms with Crippen LogP contribution in [0.15, 0.2) is 18.3 Å². The molecule has 3 aromatic rings. The second-order valence-electron chi connectivity index (χ2n) is 9.10. The number of imidazole rings is 1. The zero-order chi connectivity index (χ0) is 25.4. The molecule has 184 valence electrons. The van der Waals surface area contributed by atoms with Gasteiger partial charge in [-0.2, -0.15) is 20.0 Å². The van der Waals surface area contributed by atoms with Gasteiger partial charge in [0.05, 0.1) is 28.5 Å². The van der Waals surface area contributed by atoms with Crippen LogP contribution in [-0.2, 0) is 4.79 Å². The number of benzene rings is 1. The maximum atomic E-state index is 15.7. The second-order valence-corrected chi connectivity index (χ2v) is 9.48. The van der Waals surface area contributed by atoms with Crippen LogP contribution in [0.3, 0.4) is 0 Å². The number of carbonyl (C=O) groups excluding carboxylic acids is 1. The Kier molecular flexibility index (Phi) is 6.33. The van der Waals surface area contributed by atoms with E-state index in [1.807, 2.05) is 6.07 Å². The molecule has 2 aliphatic rings. The Morgan fingerprint density at radius 1 is 1.22 bits per heavy atom. The summed E-state index contributed by atoms with van der Waals surface area (Å²) >= 11 is 6.65. The summed E-state index contributed by atoms with van der Waals surface area (Å²) in [5.41, 5.74) is 1.37. The van der Waals surface area contributed by atoms with E-state index in [4.69, 9.17) is 11.6 Å². The SMILES string of the molecule is CC(=O)N1CCC(C(F)c2cc(C#N)cc(Nc3nc(NC4CC4)c4ncc(C#N)n4n3)c2Cl)CC1. The molecule has 0 radical (unpaired) electrons. The fourth-order valence-electron chi connectivity index (χ4n) is 4.41. The lowest BCUT2D eigenvalue weighted by Crippen LogP contribution is -2.38. The molecule has 12 heteroatoms. The highest BCUT2D eigenvalue weighted by molar-refractivity contribution is 6.34. The van der Waals surface area contributed by atoms with Gasteiger partial charge in [-0.25, -0.2) is 9.37 Å². The number of likely N-dealkylation sites (tertiary alicyclic amines) is 1. The molecule has 1 saturated heterocycles. The van der Waals surface area contributed by atoms with E-state index in [9.17, 15) is 15.3 Å². The quantitative estimate of drug-likeness (QED) is 0.509. The lowest BCUT2D eigenvalue weighted by molar-refractivity contribution is -0.130. The highest BCUT2D eigenvalue weighted by atomic mass is 35.5. The second kappa shape index (κ2) is 9.59. The van der Waals surface area contributed by atoms with Crippen molar-refractivity contribution in [2.24, 2.45) is 5.92 Å². The summed E-state index contributed by atoms with van der Waals surface area (Å²) in [6.45, 7) is 2.47. The van der Waals surface area contributed by atoms with Crippen LogP contribution in [0.25, 0.3) is 5.65 Å². The number of anilines is 3. The van der Waals surface area contributed by atoms with Gasteiger partial charge in [-0.3, -0.25) is 4.79 Å². The molecule has 0 spiro atoms. The molecule has 10 nitrogen and oxygen atoms in total. The van der Waals surface area contributed by atoms with Crippen molar-refractivity contribution in [3.05, 3.63) is 40.2 Å². The van der Waals surface area contributed by atoms with Gasteiger partial charge in [-0.15, -0.1) is 5.10 Å². The summed E-state index contributed by atoms with van der Waals surface area (Å²) in [5, 5.41) is 29.8. The van der Waals surface area contributed by atoms with Gasteiger partial charge in [0.15, 0.2) is 17.2 Å². The van der Waals surface area contributed by atoms with Gasteiger partial charge in [0.1, 0.15) is 12.2 Å². The van der Waals surface area contributed by atoms with Gasteiger partial charge >= 0.3 is 0 Å². The van der Waals surface area contributed by atoms with Crippen LogP contribution in [0, 0.1) is 28.6 Å². The fraction of sp³-hybridized carbons (Fsp3) is 0.417. The summed E-state index contributed by atoms with van der Waals surface area (Å²) in [6, 6.07) is 7.36. The number of rotatable bonds is 6. The first-order valence-corrected chi connectivity index (χ1v) is 12.1. The fourth-order valence-corrected chi connectivity index (χ4v) is 4.67. The van der Waals surface area contributed by atoms with Crippen molar-refractivity contribution in [3.8, 4) is 12.1 Å². The van der Waals surface area contributed by atoms with E-state index in [1.54, 1.807) is 4.90 Å². The van der Waals surface area contributed by atoms with Crippen LogP contribution in [0.4, 0.5) is 21.8 Å². The van der Waals surface area contributed by atoms with Crippen molar-refractivity contribution in [1.82, 2.24) is 24.5 Å². The van der Waals surface area contributed by atoms with E-state index in [1.165, 1.54) is 29.8 Å². The summed E-state index contributed by atoms with van der Waals surface area (Å²) in [7, 11) is 0. The lowest BCUT2D eigenvalue weighted by atomic mass is 9.87. The molecule has 1 unspecified atom stereocenters. The number of amides is 1. The van der Waals surface area contributed by atoms with E-state index in [0.29, 0.717) is 37.4 Å². The number of nitrogens with zero attached hydrogens (tertiary/aromatic N) is 7. The Morgan fingerprint density at radius 2 is 1.97 bits per heavy atom. The standard InChI is InChI=1S/C24H23ClFN9O/c1-13(36)34-6-4-15(5-7-34)21(26)18-8-14(10-27)9-19(20(18)25)31-24-32-22(30-16-2-3-16)23-29-12-17(11-28)35(23)33-24/h8-9,12,15-16,21H,2-7H2,1H3,(H2,30,31,32,33). The number of fused-ring (bicyclic) bond motifs is 1. The molecule has 2 fully saturated rings. The topological polar surface area (TPSA) is 135 Å². The maximum absolute atomic E-state index is 15.7. The summed E-state index contributed by atoms with van der Waals surface area (Å²) in [6.07, 6.45) is 3.03. The Labute approximate surface area is 211 Å². The average Bonchev–Trinajstić information content (AvgIpc) is 3.60. The Morgan fingerprint density at radius 3 is 2.61 bits per heavy atom. The van der Waals surface area contributed by atoms with E-state index in [2.05, 4.69) is 31.8 Å². The highest BCUT2D eigenvalue weighted by Gasteiger charge is 2.31. The van der Waals surface area contributed by atoms with E-state index in [0.717, 1.165) is 12.8 Å². The Bertz CT molecular complexity index is 1410. The van der Waals surface area contributed by atoms with Crippen molar-refractivity contribution in [3.63, 3.8) is 0 Å². The van der Waals surface area contributed by atoms with Gasteiger partial charge in [-0.1, -0.05) is 11.6 Å². The van der Waals surface area contributed by atoms with Crippen molar-refractivity contribution in [2.75, 3.05) is 23.7 Å². The number of hydrogen-bond donors (Lipinski definition) is 2. The molecule has 1 aromatic carbocycles. The molecule has 2 N–H and O–H groups in total. The van der Waals surface area contributed by atoms with Gasteiger partial charge in [0.2, 0.25) is 11.9 Å². The normalized spacial score (nSPS) is 16.9. The van der Waals surface area contributed by atoms with Gasteiger partial charge in [0.25, 0.3) is 0 Å². The monoisotopic (exact) mass is 507 g/mol. The van der Waals surface area contributed by atoms with Crippen LogP contribution in [0.1, 0.15) is 55.6 Å². The molecule has 1 amide bonds. The maximum Gasteiger partial charge on any atom is 0.247 e. The molecule has 3 heterocycles. The summed E-state index contributed by atoms with van der Waals surface area (Å²) in [4.78, 5) is 22.1. The molecule has 36 heavy (non-hydrogen) atoms. The van der Waals surface area contributed by atoms with Gasteiger partial charge in [0, 0.05) is 31.6 Å². The zero-order valence-electron chi connectivity index (χ0n) is 19.5. The average molecular weight is 508 g/mol. The molecule has 1 saturated carbocycles. The number of alkyl halides is 1. The number of piperidine rings is 1. The van der Waals surface area contributed by atoms with Crippen LogP contribution < -0.4 is 10.6 Å².